The zero-order valence-corrected chi connectivity index (χ0v) is 19.0. The number of nitrogens with zero attached hydrogens (tertiary/aromatic N) is 6. The Morgan fingerprint density at radius 1 is 0.647 bits per heavy atom. The van der Waals surface area contributed by atoms with Crippen LogP contribution in [0.15, 0.2) is 83.4 Å². The van der Waals surface area contributed by atoms with Gasteiger partial charge in [-0.25, -0.2) is 9.36 Å². The van der Waals surface area contributed by atoms with Crippen LogP contribution in [0.25, 0.3) is 11.4 Å². The number of benzene rings is 2. The van der Waals surface area contributed by atoms with Crippen LogP contribution in [0.3, 0.4) is 0 Å². The van der Waals surface area contributed by atoms with E-state index in [4.69, 9.17) is 9.68 Å². The summed E-state index contributed by atoms with van der Waals surface area (Å²) in [6.45, 7) is 4.09. The molecule has 2 aliphatic rings. The Kier molecular flexibility index (Phi) is 4.98. The van der Waals surface area contributed by atoms with E-state index in [2.05, 4.69) is 20.5 Å². The Bertz CT molecular complexity index is 1280. The van der Waals surface area contributed by atoms with Crippen molar-refractivity contribution >= 4 is 11.4 Å². The number of rotatable bonds is 5. The third kappa shape index (κ3) is 3.48. The van der Waals surface area contributed by atoms with Crippen LogP contribution in [-0.4, -0.2) is 43.2 Å². The summed E-state index contributed by atoms with van der Waals surface area (Å²) in [6, 6.07) is 20.1. The number of oxime groups is 2. The van der Waals surface area contributed by atoms with Gasteiger partial charge in [0, 0.05) is 24.0 Å². The minimum Gasteiger partial charge on any atom is -0.388 e. The lowest BCUT2D eigenvalue weighted by Gasteiger charge is -2.13. The molecule has 4 aromatic rings. The van der Waals surface area contributed by atoms with Gasteiger partial charge in [-0.05, 0) is 38.1 Å². The maximum Gasteiger partial charge on any atom is 0.172 e. The van der Waals surface area contributed by atoms with E-state index in [0.29, 0.717) is 12.8 Å². The lowest BCUT2D eigenvalue weighted by atomic mass is 9.98. The van der Waals surface area contributed by atoms with Crippen molar-refractivity contribution in [3.63, 3.8) is 0 Å². The van der Waals surface area contributed by atoms with Gasteiger partial charge in [-0.15, -0.1) is 0 Å². The summed E-state index contributed by atoms with van der Waals surface area (Å²) >= 11 is 0. The van der Waals surface area contributed by atoms with Gasteiger partial charge in [-0.1, -0.05) is 46.7 Å². The monoisotopic (exact) mass is 452 g/mol. The molecular weight excluding hydrogens is 428 g/mol. The van der Waals surface area contributed by atoms with Crippen LogP contribution >= 0.6 is 0 Å². The Balaban J connectivity index is 1.14. The fourth-order valence-electron chi connectivity index (χ4n) is 4.55. The summed E-state index contributed by atoms with van der Waals surface area (Å²) in [5, 5.41) is 17.9. The average molecular weight is 453 g/mol. The van der Waals surface area contributed by atoms with Crippen LogP contribution in [0.2, 0.25) is 0 Å². The second kappa shape index (κ2) is 8.30. The van der Waals surface area contributed by atoms with Gasteiger partial charge in [0.15, 0.2) is 12.2 Å². The second-order valence-corrected chi connectivity index (χ2v) is 8.55. The van der Waals surface area contributed by atoms with Gasteiger partial charge in [0.1, 0.15) is 0 Å². The van der Waals surface area contributed by atoms with Crippen LogP contribution in [-0.2, 0) is 9.68 Å². The molecule has 0 aliphatic carbocycles. The number of hydrogen-bond donors (Lipinski definition) is 0. The van der Waals surface area contributed by atoms with E-state index in [1.54, 1.807) is 0 Å². The fourth-order valence-corrected chi connectivity index (χ4v) is 4.55. The third-order valence-electron chi connectivity index (χ3n) is 6.44. The molecule has 0 radical (unpaired) electrons. The molecule has 34 heavy (non-hydrogen) atoms. The molecule has 2 aromatic heterocycles. The maximum absolute atomic E-state index is 5.79. The quantitative estimate of drug-likeness (QED) is 0.451. The van der Waals surface area contributed by atoms with Crippen LogP contribution in [0.4, 0.5) is 0 Å². The highest BCUT2D eigenvalue weighted by molar-refractivity contribution is 6.03. The third-order valence-corrected chi connectivity index (χ3v) is 6.44. The lowest BCUT2D eigenvalue weighted by molar-refractivity contribution is -0.0426. The highest BCUT2D eigenvalue weighted by Gasteiger charge is 2.37. The predicted molar refractivity (Wildman–Crippen MR) is 129 cm³/mol. The molecule has 2 unspecified atom stereocenters. The topological polar surface area (TPSA) is 78.8 Å². The first-order valence-corrected chi connectivity index (χ1v) is 11.4. The molecule has 0 spiro atoms. The van der Waals surface area contributed by atoms with Crippen molar-refractivity contribution in [2.75, 3.05) is 0 Å². The molecule has 0 amide bonds. The summed E-state index contributed by atoms with van der Waals surface area (Å²) in [5.41, 5.74) is 7.85. The predicted octanol–water partition coefficient (Wildman–Crippen LogP) is 4.36. The molecular formula is C26H24N6O2. The minimum absolute atomic E-state index is 0.194. The molecule has 8 nitrogen and oxygen atoms in total. The van der Waals surface area contributed by atoms with Gasteiger partial charge in [0.2, 0.25) is 0 Å². The number of hydrogen-bond acceptors (Lipinski definition) is 6. The van der Waals surface area contributed by atoms with Gasteiger partial charge < -0.3 is 9.68 Å². The van der Waals surface area contributed by atoms with E-state index in [0.717, 1.165) is 45.3 Å². The van der Waals surface area contributed by atoms with Gasteiger partial charge >= 0.3 is 0 Å². The van der Waals surface area contributed by atoms with Crippen molar-refractivity contribution < 1.29 is 9.68 Å². The zero-order valence-electron chi connectivity index (χ0n) is 19.0. The van der Waals surface area contributed by atoms with Crippen LogP contribution in [0, 0.1) is 13.8 Å². The van der Waals surface area contributed by atoms with Gasteiger partial charge in [0.05, 0.1) is 46.6 Å². The van der Waals surface area contributed by atoms with Crippen molar-refractivity contribution in [2.24, 2.45) is 10.3 Å². The molecule has 2 aromatic carbocycles. The van der Waals surface area contributed by atoms with E-state index >= 15 is 0 Å². The Morgan fingerprint density at radius 3 is 1.47 bits per heavy atom. The van der Waals surface area contributed by atoms with Crippen molar-refractivity contribution in [3.05, 3.63) is 95.6 Å². The normalized spacial score (nSPS) is 19.5. The molecule has 0 fully saturated rings. The molecule has 2 atom stereocenters. The summed E-state index contributed by atoms with van der Waals surface area (Å²) in [5.74, 6) is 0. The van der Waals surface area contributed by atoms with Crippen LogP contribution in [0.5, 0.6) is 0 Å². The smallest absolute Gasteiger partial charge is 0.172 e. The maximum atomic E-state index is 5.79. The Labute approximate surface area is 197 Å². The standard InChI is InChI=1S/C26H24N6O2/c1-17-21(15-27-31(17)19-9-5-3-6-10-19)23-13-25(33-29-23)26-14-24(30-34-26)22-16-28-32(18(22)2)20-11-7-4-8-12-20/h3-12,15-16,25-26H,13-14H2,1-2H3. The molecule has 2 aliphatic heterocycles. The summed E-state index contributed by atoms with van der Waals surface area (Å²) in [6.07, 6.45) is 4.62. The minimum atomic E-state index is -0.194. The highest BCUT2D eigenvalue weighted by atomic mass is 16.7. The second-order valence-electron chi connectivity index (χ2n) is 8.55. The first-order valence-electron chi connectivity index (χ1n) is 11.4. The first kappa shape index (κ1) is 20.4. The van der Waals surface area contributed by atoms with Gasteiger partial charge in [0.25, 0.3) is 0 Å². The summed E-state index contributed by atoms with van der Waals surface area (Å²) in [4.78, 5) is 11.6. The molecule has 4 heterocycles. The van der Waals surface area contributed by atoms with E-state index in [1.165, 1.54) is 0 Å². The molecule has 8 heteroatoms. The molecule has 170 valence electrons. The van der Waals surface area contributed by atoms with Crippen molar-refractivity contribution in [3.8, 4) is 11.4 Å². The van der Waals surface area contributed by atoms with Gasteiger partial charge in [-0.3, -0.25) is 0 Å². The molecule has 0 saturated heterocycles. The number of aromatic nitrogens is 4. The van der Waals surface area contributed by atoms with E-state index in [-0.39, 0.29) is 12.2 Å². The van der Waals surface area contributed by atoms with E-state index in [9.17, 15) is 0 Å². The SMILES string of the molecule is Cc1c(C2=NOC(C3CC(c4cnn(-c5ccccc5)c4C)=NO3)C2)cnn1-c1ccccc1. The van der Waals surface area contributed by atoms with E-state index in [1.807, 2.05) is 96.3 Å². The van der Waals surface area contributed by atoms with Gasteiger partial charge in [-0.2, -0.15) is 10.2 Å². The zero-order chi connectivity index (χ0) is 23.1. The molecule has 0 N–H and O–H groups in total. The molecule has 6 rings (SSSR count). The molecule has 0 bridgehead atoms. The summed E-state index contributed by atoms with van der Waals surface area (Å²) < 4.78 is 3.84. The highest BCUT2D eigenvalue weighted by Crippen LogP contribution is 2.29. The lowest BCUT2D eigenvalue weighted by Crippen LogP contribution is -2.27. The fraction of sp³-hybridized carbons (Fsp3) is 0.231. The first-order chi connectivity index (χ1) is 16.7. The van der Waals surface area contributed by atoms with Crippen molar-refractivity contribution in [1.29, 1.82) is 0 Å². The largest absolute Gasteiger partial charge is 0.388 e. The number of para-hydroxylation sites is 2. The Hall–Kier alpha value is -4.20. The van der Waals surface area contributed by atoms with Crippen molar-refractivity contribution in [1.82, 2.24) is 19.6 Å². The van der Waals surface area contributed by atoms with Crippen LogP contribution < -0.4 is 0 Å². The summed E-state index contributed by atoms with van der Waals surface area (Å²) in [7, 11) is 0. The van der Waals surface area contributed by atoms with Crippen molar-refractivity contribution in [2.45, 2.75) is 38.9 Å². The Morgan fingerprint density at radius 2 is 1.06 bits per heavy atom. The molecule has 0 saturated carbocycles. The van der Waals surface area contributed by atoms with Crippen LogP contribution in [0.1, 0.15) is 35.4 Å². The average Bonchev–Trinajstić information content (AvgIpc) is 3.66. The van der Waals surface area contributed by atoms with E-state index < -0.39 is 0 Å².